The van der Waals surface area contributed by atoms with Gasteiger partial charge in [-0.1, -0.05) is 0 Å². The van der Waals surface area contributed by atoms with Crippen molar-refractivity contribution in [1.82, 2.24) is 9.71 Å². The number of hydrogen-bond acceptors (Lipinski definition) is 6. The number of rotatable bonds is 5. The molecule has 0 bridgehead atoms. The van der Waals surface area contributed by atoms with Gasteiger partial charge in [0.05, 0.1) is 12.8 Å². The molecule has 24 heavy (non-hydrogen) atoms. The van der Waals surface area contributed by atoms with Gasteiger partial charge < -0.3 is 9.15 Å². The van der Waals surface area contributed by atoms with Crippen molar-refractivity contribution in [2.75, 3.05) is 7.11 Å². The first kappa shape index (κ1) is 16.4. The van der Waals surface area contributed by atoms with Gasteiger partial charge in [-0.2, -0.15) is 0 Å². The van der Waals surface area contributed by atoms with Crippen molar-refractivity contribution in [2.24, 2.45) is 0 Å². The predicted molar refractivity (Wildman–Crippen MR) is 76.0 cm³/mol. The van der Waals surface area contributed by atoms with E-state index in [1.54, 1.807) is 4.72 Å². The zero-order valence-electron chi connectivity index (χ0n) is 12.4. The number of carbonyl (C=O) groups is 1. The van der Waals surface area contributed by atoms with E-state index in [1.165, 1.54) is 7.11 Å². The van der Waals surface area contributed by atoms with Gasteiger partial charge in [0.25, 0.3) is 10.0 Å². The van der Waals surface area contributed by atoms with Crippen molar-refractivity contribution in [3.63, 3.8) is 0 Å². The van der Waals surface area contributed by atoms with Gasteiger partial charge in [0.1, 0.15) is 17.4 Å². The quantitative estimate of drug-likeness (QED) is 0.877. The number of methoxy groups -OCH3 is 1. The molecule has 1 N–H and O–H groups in total. The van der Waals surface area contributed by atoms with E-state index in [4.69, 9.17) is 4.42 Å². The summed E-state index contributed by atoms with van der Waals surface area (Å²) in [5, 5.41) is 0. The number of nitrogens with zero attached hydrogens (tertiary/aromatic N) is 1. The molecule has 1 aromatic carbocycles. The summed E-state index contributed by atoms with van der Waals surface area (Å²) in [5.74, 6) is -4.35. The van der Waals surface area contributed by atoms with E-state index in [2.05, 4.69) is 9.72 Å². The number of halogens is 2. The van der Waals surface area contributed by atoms with E-state index in [0.29, 0.717) is 17.8 Å². The second-order valence-electron chi connectivity index (χ2n) is 5.20. The molecule has 1 fully saturated rings. The van der Waals surface area contributed by atoms with Crippen LogP contribution in [0.25, 0.3) is 0 Å². The summed E-state index contributed by atoms with van der Waals surface area (Å²) in [6.07, 6.45) is 2.63. The molecule has 0 atom stereocenters. The summed E-state index contributed by atoms with van der Waals surface area (Å²) in [4.78, 5) is 14.7. The smallest absolute Gasteiger partial charge is 0.302 e. The number of amides is 1. The fraction of sp³-hybridized carbons (Fsp3) is 0.286. The van der Waals surface area contributed by atoms with Crippen molar-refractivity contribution in [1.29, 1.82) is 0 Å². The van der Waals surface area contributed by atoms with E-state index in [-0.39, 0.29) is 17.4 Å². The van der Waals surface area contributed by atoms with Gasteiger partial charge in [-0.05, 0) is 12.8 Å². The SMILES string of the molecule is COc1cc(F)c(S(=O)(=O)NC(=O)c2ocnc2C2CC2)c(F)c1. The summed E-state index contributed by atoms with van der Waals surface area (Å²) >= 11 is 0. The predicted octanol–water partition coefficient (Wildman–Crippen LogP) is 1.96. The summed E-state index contributed by atoms with van der Waals surface area (Å²) in [6, 6.07) is 1.40. The Balaban J connectivity index is 1.91. The standard InChI is InChI=1S/C14H12F2N2O5S/c1-22-8-4-9(15)13(10(16)5-8)24(20,21)18-14(19)12-11(7-2-3-7)17-6-23-12/h4-7H,2-3H2,1H3,(H,18,19). The van der Waals surface area contributed by atoms with Crippen LogP contribution in [0.15, 0.2) is 27.8 Å². The largest absolute Gasteiger partial charge is 0.497 e. The number of aromatic nitrogens is 1. The van der Waals surface area contributed by atoms with E-state index in [1.807, 2.05) is 0 Å². The van der Waals surface area contributed by atoms with Crippen LogP contribution in [-0.4, -0.2) is 26.4 Å². The second kappa shape index (κ2) is 5.86. The first-order valence-electron chi connectivity index (χ1n) is 6.87. The molecule has 7 nitrogen and oxygen atoms in total. The molecule has 1 saturated carbocycles. The molecular weight excluding hydrogens is 346 g/mol. The molecule has 1 heterocycles. The minimum absolute atomic E-state index is 0.0293. The van der Waals surface area contributed by atoms with Crippen LogP contribution in [0, 0.1) is 11.6 Å². The molecule has 0 spiro atoms. The van der Waals surface area contributed by atoms with Crippen molar-refractivity contribution in [3.05, 3.63) is 41.6 Å². The molecule has 1 aliphatic carbocycles. The lowest BCUT2D eigenvalue weighted by atomic mass is 10.2. The topological polar surface area (TPSA) is 98.5 Å². The third kappa shape index (κ3) is 2.96. The molecule has 0 aliphatic heterocycles. The molecule has 10 heteroatoms. The highest BCUT2D eigenvalue weighted by Crippen LogP contribution is 2.40. The van der Waals surface area contributed by atoms with E-state index in [9.17, 15) is 22.0 Å². The third-order valence-corrected chi connectivity index (χ3v) is 4.85. The van der Waals surface area contributed by atoms with Crippen molar-refractivity contribution in [3.8, 4) is 5.75 Å². The van der Waals surface area contributed by atoms with Crippen molar-refractivity contribution in [2.45, 2.75) is 23.7 Å². The number of ether oxygens (including phenoxy) is 1. The van der Waals surface area contributed by atoms with Crippen LogP contribution in [0.3, 0.4) is 0 Å². The monoisotopic (exact) mass is 358 g/mol. The zero-order valence-corrected chi connectivity index (χ0v) is 13.2. The third-order valence-electron chi connectivity index (χ3n) is 3.47. The average molecular weight is 358 g/mol. The summed E-state index contributed by atoms with van der Waals surface area (Å²) < 4.78 is 63.3. The molecule has 1 aliphatic rings. The minimum Gasteiger partial charge on any atom is -0.497 e. The fourth-order valence-electron chi connectivity index (χ4n) is 2.20. The Labute approximate surface area is 135 Å². The number of benzene rings is 1. The minimum atomic E-state index is -4.79. The van der Waals surface area contributed by atoms with Crippen LogP contribution < -0.4 is 9.46 Å². The lowest BCUT2D eigenvalue weighted by Gasteiger charge is -2.09. The van der Waals surface area contributed by atoms with Gasteiger partial charge in [-0.15, -0.1) is 0 Å². The fourth-order valence-corrected chi connectivity index (χ4v) is 3.27. The highest BCUT2D eigenvalue weighted by molar-refractivity contribution is 7.90. The Bertz CT molecular complexity index is 883. The number of oxazole rings is 1. The Morgan fingerprint density at radius 3 is 2.50 bits per heavy atom. The van der Waals surface area contributed by atoms with Crippen LogP contribution in [0.1, 0.15) is 35.0 Å². The summed E-state index contributed by atoms with van der Waals surface area (Å²) in [6.45, 7) is 0. The zero-order chi connectivity index (χ0) is 17.5. The maximum Gasteiger partial charge on any atom is 0.302 e. The van der Waals surface area contributed by atoms with Gasteiger partial charge in [0.2, 0.25) is 5.76 Å². The molecule has 0 saturated heterocycles. The van der Waals surface area contributed by atoms with Crippen molar-refractivity contribution < 1.29 is 31.1 Å². The van der Waals surface area contributed by atoms with Crippen LogP contribution >= 0.6 is 0 Å². The van der Waals surface area contributed by atoms with Crippen LogP contribution in [0.5, 0.6) is 5.75 Å². The second-order valence-corrected chi connectivity index (χ2v) is 6.82. The molecule has 1 aromatic heterocycles. The Kier molecular flexibility index (Phi) is 3.99. The molecule has 1 amide bonds. The number of hydrogen-bond donors (Lipinski definition) is 1. The summed E-state index contributed by atoms with van der Waals surface area (Å²) in [5.41, 5.74) is 0.332. The Morgan fingerprint density at radius 1 is 1.33 bits per heavy atom. The molecule has 0 unspecified atom stereocenters. The van der Waals surface area contributed by atoms with Crippen molar-refractivity contribution >= 4 is 15.9 Å². The number of carbonyl (C=O) groups excluding carboxylic acids is 1. The van der Waals surface area contributed by atoms with Gasteiger partial charge in [-0.25, -0.2) is 26.9 Å². The first-order valence-corrected chi connectivity index (χ1v) is 8.35. The lowest BCUT2D eigenvalue weighted by molar-refractivity contribution is 0.0953. The molecule has 0 radical (unpaired) electrons. The Hall–Kier alpha value is -2.49. The normalized spacial score (nSPS) is 14.5. The maximum absolute atomic E-state index is 13.9. The van der Waals surface area contributed by atoms with Crippen LogP contribution in [0.4, 0.5) is 8.78 Å². The molecule has 2 aromatic rings. The average Bonchev–Trinajstić information content (AvgIpc) is 3.22. The van der Waals surface area contributed by atoms with Gasteiger partial charge >= 0.3 is 5.91 Å². The number of sulfonamides is 1. The highest BCUT2D eigenvalue weighted by atomic mass is 32.2. The summed E-state index contributed by atoms with van der Waals surface area (Å²) in [7, 11) is -3.61. The maximum atomic E-state index is 13.9. The van der Waals surface area contributed by atoms with E-state index < -0.39 is 32.5 Å². The number of nitrogens with one attached hydrogen (secondary N) is 1. The van der Waals surface area contributed by atoms with Gasteiger partial charge in [0.15, 0.2) is 11.3 Å². The van der Waals surface area contributed by atoms with Gasteiger partial charge in [0, 0.05) is 18.1 Å². The van der Waals surface area contributed by atoms with E-state index >= 15 is 0 Å². The lowest BCUT2D eigenvalue weighted by Crippen LogP contribution is -2.32. The molecule has 3 rings (SSSR count). The molecular formula is C14H12F2N2O5S. The molecule has 128 valence electrons. The van der Waals surface area contributed by atoms with Gasteiger partial charge in [-0.3, -0.25) is 4.79 Å². The van der Waals surface area contributed by atoms with Crippen LogP contribution in [0.2, 0.25) is 0 Å². The van der Waals surface area contributed by atoms with E-state index in [0.717, 1.165) is 19.2 Å². The highest BCUT2D eigenvalue weighted by Gasteiger charge is 2.34. The first-order chi connectivity index (χ1) is 11.3. The van der Waals surface area contributed by atoms with Crippen LogP contribution in [-0.2, 0) is 10.0 Å². The Morgan fingerprint density at radius 2 is 1.96 bits per heavy atom.